The van der Waals surface area contributed by atoms with Crippen LogP contribution in [0.5, 0.6) is 5.75 Å². The van der Waals surface area contributed by atoms with Gasteiger partial charge in [0.2, 0.25) is 0 Å². The van der Waals surface area contributed by atoms with Crippen molar-refractivity contribution in [3.05, 3.63) is 59.7 Å². The first-order valence-corrected chi connectivity index (χ1v) is 7.22. The largest absolute Gasteiger partial charge is 0.495 e. The van der Waals surface area contributed by atoms with Crippen molar-refractivity contribution in [3.63, 3.8) is 0 Å². The van der Waals surface area contributed by atoms with Gasteiger partial charge in [-0.25, -0.2) is 0 Å². The van der Waals surface area contributed by atoms with Crippen LogP contribution in [0.25, 0.3) is 0 Å². The molecule has 120 valence electrons. The highest BCUT2D eigenvalue weighted by atomic mass is 16.5. The van der Waals surface area contributed by atoms with Crippen molar-refractivity contribution >= 4 is 17.6 Å². The fourth-order valence-corrected chi connectivity index (χ4v) is 2.00. The Hall–Kier alpha value is -2.82. The molecule has 0 radical (unpaired) electrons. The molecule has 0 aliphatic rings. The number of esters is 1. The van der Waals surface area contributed by atoms with Crippen molar-refractivity contribution in [1.29, 1.82) is 0 Å². The summed E-state index contributed by atoms with van der Waals surface area (Å²) in [5.41, 5.74) is 2.51. The minimum atomic E-state index is -0.441. The first-order valence-electron chi connectivity index (χ1n) is 7.22. The number of para-hydroxylation sites is 2. The number of amides is 1. The van der Waals surface area contributed by atoms with Crippen LogP contribution in [0.3, 0.4) is 0 Å². The number of methoxy groups -OCH3 is 1. The molecule has 0 saturated heterocycles. The molecule has 0 aliphatic carbocycles. The van der Waals surface area contributed by atoms with E-state index in [0.717, 1.165) is 11.1 Å². The average Bonchev–Trinajstić information content (AvgIpc) is 2.55. The number of rotatable bonds is 6. The summed E-state index contributed by atoms with van der Waals surface area (Å²) in [5.74, 6) is -0.303. The molecular weight excluding hydrogens is 294 g/mol. The third kappa shape index (κ3) is 5.14. The van der Waals surface area contributed by atoms with Crippen molar-refractivity contribution in [2.45, 2.75) is 13.3 Å². The number of carbonyl (C=O) groups is 2. The first kappa shape index (κ1) is 16.5. The van der Waals surface area contributed by atoms with Gasteiger partial charge in [-0.3, -0.25) is 9.59 Å². The van der Waals surface area contributed by atoms with Crippen molar-refractivity contribution in [1.82, 2.24) is 0 Å². The zero-order valence-corrected chi connectivity index (χ0v) is 13.2. The minimum absolute atomic E-state index is 0.141. The lowest BCUT2D eigenvalue weighted by molar-refractivity contribution is -0.146. The van der Waals surface area contributed by atoms with Crippen LogP contribution >= 0.6 is 0 Å². The molecular formula is C18H19NO4. The van der Waals surface area contributed by atoms with Gasteiger partial charge < -0.3 is 14.8 Å². The summed E-state index contributed by atoms with van der Waals surface area (Å²) in [4.78, 5) is 23.6. The van der Waals surface area contributed by atoms with Crippen LogP contribution in [0, 0.1) is 6.92 Å². The summed E-state index contributed by atoms with van der Waals surface area (Å²) in [6.45, 7) is 1.65. The molecule has 2 rings (SSSR count). The lowest BCUT2D eigenvalue weighted by atomic mass is 10.1. The van der Waals surface area contributed by atoms with Crippen LogP contribution in [0.4, 0.5) is 5.69 Å². The van der Waals surface area contributed by atoms with E-state index in [1.807, 2.05) is 31.2 Å². The van der Waals surface area contributed by atoms with E-state index >= 15 is 0 Å². The molecule has 2 aromatic carbocycles. The van der Waals surface area contributed by atoms with Gasteiger partial charge in [-0.1, -0.05) is 42.0 Å². The Labute approximate surface area is 135 Å². The van der Waals surface area contributed by atoms with Crippen LogP contribution in [0.1, 0.15) is 11.1 Å². The molecule has 2 aromatic rings. The smallest absolute Gasteiger partial charge is 0.310 e. The van der Waals surface area contributed by atoms with Gasteiger partial charge in [-0.15, -0.1) is 0 Å². The molecule has 5 nitrogen and oxygen atoms in total. The molecule has 0 fully saturated rings. The highest BCUT2D eigenvalue weighted by Gasteiger charge is 2.10. The second-order valence-corrected chi connectivity index (χ2v) is 5.07. The van der Waals surface area contributed by atoms with Crippen molar-refractivity contribution in [2.24, 2.45) is 0 Å². The number of benzene rings is 2. The molecule has 5 heteroatoms. The number of aryl methyl sites for hydroxylation is 1. The number of carbonyl (C=O) groups excluding carboxylic acids is 2. The Balaban J connectivity index is 1.82. The second-order valence-electron chi connectivity index (χ2n) is 5.07. The molecule has 0 spiro atoms. The topological polar surface area (TPSA) is 64.6 Å². The van der Waals surface area contributed by atoms with Gasteiger partial charge in [0.25, 0.3) is 5.91 Å². The molecule has 1 N–H and O–H groups in total. The van der Waals surface area contributed by atoms with Gasteiger partial charge in [0.15, 0.2) is 6.61 Å². The third-order valence-corrected chi connectivity index (χ3v) is 3.21. The van der Waals surface area contributed by atoms with E-state index in [0.29, 0.717) is 11.4 Å². The Morgan fingerprint density at radius 2 is 1.74 bits per heavy atom. The number of nitrogens with one attached hydrogen (secondary N) is 1. The van der Waals surface area contributed by atoms with Crippen LogP contribution in [-0.2, 0) is 20.7 Å². The van der Waals surface area contributed by atoms with Crippen LogP contribution in [0.2, 0.25) is 0 Å². The predicted octanol–water partition coefficient (Wildman–Crippen LogP) is 2.73. The van der Waals surface area contributed by atoms with E-state index < -0.39 is 11.9 Å². The van der Waals surface area contributed by atoms with Crippen molar-refractivity contribution in [3.8, 4) is 5.75 Å². The third-order valence-electron chi connectivity index (χ3n) is 3.21. The van der Waals surface area contributed by atoms with Crippen LogP contribution in [0.15, 0.2) is 48.5 Å². The Kier molecular flexibility index (Phi) is 5.74. The maximum Gasteiger partial charge on any atom is 0.310 e. The van der Waals surface area contributed by atoms with E-state index in [1.54, 1.807) is 24.3 Å². The summed E-state index contributed by atoms with van der Waals surface area (Å²) < 4.78 is 10.1. The van der Waals surface area contributed by atoms with Gasteiger partial charge in [-0.2, -0.15) is 0 Å². The Bertz CT molecular complexity index is 680. The monoisotopic (exact) mass is 313 g/mol. The van der Waals surface area contributed by atoms with E-state index in [-0.39, 0.29) is 13.0 Å². The normalized spacial score (nSPS) is 10.0. The maximum atomic E-state index is 11.8. The highest BCUT2D eigenvalue weighted by Crippen LogP contribution is 2.22. The average molecular weight is 313 g/mol. The summed E-state index contributed by atoms with van der Waals surface area (Å²) >= 11 is 0. The Morgan fingerprint density at radius 1 is 1.04 bits per heavy atom. The molecule has 0 bridgehead atoms. The summed E-state index contributed by atoms with van der Waals surface area (Å²) in [6, 6.07) is 14.6. The summed E-state index contributed by atoms with van der Waals surface area (Å²) in [7, 11) is 1.52. The first-order chi connectivity index (χ1) is 11.1. The Morgan fingerprint density at radius 3 is 2.43 bits per heavy atom. The number of ether oxygens (including phenoxy) is 2. The zero-order chi connectivity index (χ0) is 16.7. The summed E-state index contributed by atoms with van der Waals surface area (Å²) in [5, 5.41) is 2.65. The molecule has 0 aliphatic heterocycles. The lowest BCUT2D eigenvalue weighted by Gasteiger charge is -2.10. The maximum absolute atomic E-state index is 11.8. The zero-order valence-electron chi connectivity index (χ0n) is 13.2. The van der Waals surface area contributed by atoms with Gasteiger partial charge in [0.05, 0.1) is 19.2 Å². The second kappa shape index (κ2) is 7.98. The molecule has 0 atom stereocenters. The fourth-order valence-electron chi connectivity index (χ4n) is 2.00. The standard InChI is InChI=1S/C18H19NO4/c1-13-7-9-14(10-8-13)11-18(21)23-12-17(20)19-15-5-3-4-6-16(15)22-2/h3-10H,11-12H2,1-2H3,(H,19,20). The molecule has 1 amide bonds. The van der Waals surface area contributed by atoms with Gasteiger partial charge in [0, 0.05) is 0 Å². The molecule has 0 aromatic heterocycles. The number of anilines is 1. The minimum Gasteiger partial charge on any atom is -0.495 e. The van der Waals surface area contributed by atoms with Gasteiger partial charge in [0.1, 0.15) is 5.75 Å². The fraction of sp³-hybridized carbons (Fsp3) is 0.222. The lowest BCUT2D eigenvalue weighted by Crippen LogP contribution is -2.21. The van der Waals surface area contributed by atoms with Gasteiger partial charge in [-0.05, 0) is 24.6 Å². The van der Waals surface area contributed by atoms with Crippen LogP contribution < -0.4 is 10.1 Å². The van der Waals surface area contributed by atoms with Crippen LogP contribution in [-0.4, -0.2) is 25.6 Å². The van der Waals surface area contributed by atoms with E-state index in [4.69, 9.17) is 9.47 Å². The molecule has 0 saturated carbocycles. The van der Waals surface area contributed by atoms with E-state index in [2.05, 4.69) is 5.32 Å². The molecule has 0 heterocycles. The van der Waals surface area contributed by atoms with E-state index in [9.17, 15) is 9.59 Å². The predicted molar refractivity (Wildman–Crippen MR) is 87.5 cm³/mol. The molecule has 0 unspecified atom stereocenters. The van der Waals surface area contributed by atoms with Crippen molar-refractivity contribution < 1.29 is 19.1 Å². The van der Waals surface area contributed by atoms with E-state index in [1.165, 1.54) is 7.11 Å². The quantitative estimate of drug-likeness (QED) is 0.833. The molecule has 23 heavy (non-hydrogen) atoms. The number of hydrogen-bond donors (Lipinski definition) is 1. The summed E-state index contributed by atoms with van der Waals surface area (Å²) in [6.07, 6.45) is 0.141. The van der Waals surface area contributed by atoms with Crippen molar-refractivity contribution in [2.75, 3.05) is 19.0 Å². The number of hydrogen-bond acceptors (Lipinski definition) is 4. The highest BCUT2D eigenvalue weighted by molar-refractivity contribution is 5.94. The van der Waals surface area contributed by atoms with Gasteiger partial charge >= 0.3 is 5.97 Å². The SMILES string of the molecule is COc1ccccc1NC(=O)COC(=O)Cc1ccc(C)cc1.